The molecule has 0 unspecified atom stereocenters. The number of fused-ring (bicyclic) bond motifs is 9. The third kappa shape index (κ3) is 4.97. The number of nitrogens with zero attached hydrogens (tertiary/aromatic N) is 6. The van der Waals surface area contributed by atoms with Crippen molar-refractivity contribution >= 4 is 65.8 Å². The molecule has 0 saturated heterocycles. The molecule has 5 heterocycles. The summed E-state index contributed by atoms with van der Waals surface area (Å²) in [5.41, 5.74) is 10.1. The van der Waals surface area contributed by atoms with Crippen LogP contribution in [0.5, 0.6) is 0 Å². The van der Waals surface area contributed by atoms with Crippen molar-refractivity contribution in [2.45, 2.75) is 0 Å². The van der Waals surface area contributed by atoms with Gasteiger partial charge in [0, 0.05) is 49.2 Å². The first-order valence-corrected chi connectivity index (χ1v) is 18.8. The second kappa shape index (κ2) is 12.3. The van der Waals surface area contributed by atoms with Gasteiger partial charge in [0.15, 0.2) is 23.1 Å². The monoisotopic (exact) mass is 732 g/mol. The minimum absolute atomic E-state index is 0.551. The highest BCUT2D eigenvalue weighted by atomic mass is 16.3. The zero-order valence-corrected chi connectivity index (χ0v) is 30.2. The highest BCUT2D eigenvalue weighted by Gasteiger charge is 2.21. The van der Waals surface area contributed by atoms with Gasteiger partial charge in [0.05, 0.1) is 11.0 Å². The van der Waals surface area contributed by atoms with E-state index in [1.807, 2.05) is 115 Å². The second-order valence-corrected chi connectivity index (χ2v) is 14.1. The molecule has 8 nitrogen and oxygen atoms in total. The van der Waals surface area contributed by atoms with E-state index in [1.54, 1.807) is 0 Å². The standard InChI is InChI=1S/C49H28N6O2/c1-3-13-29(14-4-1)43-45-44(36-19-9-12-22-40(36)57-45)51-47(50-43)32-23-25-35-37-27-31(24-26-41(37)56-42(35)28-32)48-52-46(30-15-5-2-6-16-30)53-49(54-48)55-38-20-10-7-17-33(38)34-18-8-11-21-39(34)55/h1-28H. The third-order valence-electron chi connectivity index (χ3n) is 10.7. The summed E-state index contributed by atoms with van der Waals surface area (Å²) in [4.78, 5) is 25.4. The fourth-order valence-corrected chi connectivity index (χ4v) is 8.02. The topological polar surface area (TPSA) is 95.7 Å². The van der Waals surface area contributed by atoms with E-state index in [4.69, 9.17) is 33.8 Å². The number of aromatic nitrogens is 6. The van der Waals surface area contributed by atoms with E-state index in [0.717, 1.165) is 88.2 Å². The Kier molecular flexibility index (Phi) is 6.76. The van der Waals surface area contributed by atoms with Crippen LogP contribution in [-0.2, 0) is 0 Å². The minimum Gasteiger partial charge on any atom is -0.456 e. The summed E-state index contributed by atoms with van der Waals surface area (Å²) in [6.45, 7) is 0. The number of para-hydroxylation sites is 3. The number of hydrogen-bond donors (Lipinski definition) is 0. The van der Waals surface area contributed by atoms with Gasteiger partial charge in [-0.05, 0) is 54.6 Å². The van der Waals surface area contributed by atoms with Crippen molar-refractivity contribution in [3.63, 3.8) is 0 Å². The van der Waals surface area contributed by atoms with Crippen LogP contribution in [0.15, 0.2) is 179 Å². The lowest BCUT2D eigenvalue weighted by atomic mass is 10.1. The minimum atomic E-state index is 0.551. The Hall–Kier alpha value is -7.97. The molecule has 12 rings (SSSR count). The largest absolute Gasteiger partial charge is 0.456 e. The molecule has 0 spiro atoms. The van der Waals surface area contributed by atoms with Crippen LogP contribution in [0, 0.1) is 0 Å². The van der Waals surface area contributed by atoms with Crippen molar-refractivity contribution in [1.82, 2.24) is 29.5 Å². The van der Waals surface area contributed by atoms with E-state index in [-0.39, 0.29) is 0 Å². The Balaban J connectivity index is 1.02. The van der Waals surface area contributed by atoms with Crippen molar-refractivity contribution in [2.75, 3.05) is 0 Å². The van der Waals surface area contributed by atoms with Crippen LogP contribution in [0.3, 0.4) is 0 Å². The van der Waals surface area contributed by atoms with Crippen LogP contribution >= 0.6 is 0 Å². The van der Waals surface area contributed by atoms with Crippen molar-refractivity contribution in [2.24, 2.45) is 0 Å². The number of hydrogen-bond acceptors (Lipinski definition) is 7. The van der Waals surface area contributed by atoms with E-state index in [0.29, 0.717) is 29.0 Å². The summed E-state index contributed by atoms with van der Waals surface area (Å²) in [5, 5.41) is 5.15. The quantitative estimate of drug-likeness (QED) is 0.174. The molecule has 0 N–H and O–H groups in total. The van der Waals surface area contributed by atoms with Crippen molar-refractivity contribution < 1.29 is 8.83 Å². The van der Waals surface area contributed by atoms with Gasteiger partial charge in [-0.3, -0.25) is 4.57 Å². The molecule has 0 radical (unpaired) electrons. The molecule has 0 bridgehead atoms. The van der Waals surface area contributed by atoms with Gasteiger partial charge in [-0.15, -0.1) is 0 Å². The fraction of sp³-hybridized carbons (Fsp3) is 0. The molecule has 0 atom stereocenters. The predicted molar refractivity (Wildman–Crippen MR) is 226 cm³/mol. The molecule has 0 saturated carbocycles. The Bertz CT molecular complexity index is 3480. The van der Waals surface area contributed by atoms with Gasteiger partial charge in [0.2, 0.25) is 5.95 Å². The predicted octanol–water partition coefficient (Wildman–Crippen LogP) is 12.2. The SMILES string of the molecule is c1ccc(-c2nc(-c3ccc4oc5cc(-c6nc(-c7ccccc7)c7oc8ccccc8c7n6)ccc5c4c3)nc(-n3c4ccccc4c4ccccc43)n2)cc1. The molecule has 57 heavy (non-hydrogen) atoms. The summed E-state index contributed by atoms with van der Waals surface area (Å²) < 4.78 is 15.0. The van der Waals surface area contributed by atoms with Gasteiger partial charge in [0.1, 0.15) is 28.0 Å². The fourth-order valence-electron chi connectivity index (χ4n) is 8.02. The molecule has 0 fully saturated rings. The van der Waals surface area contributed by atoms with E-state index in [9.17, 15) is 0 Å². The average Bonchev–Trinajstić information content (AvgIpc) is 3.95. The first-order valence-electron chi connectivity index (χ1n) is 18.8. The number of furan rings is 2. The van der Waals surface area contributed by atoms with Crippen LogP contribution in [0.4, 0.5) is 0 Å². The first-order chi connectivity index (χ1) is 28.2. The molecule has 0 aliphatic heterocycles. The molecule has 8 heteroatoms. The van der Waals surface area contributed by atoms with Crippen molar-refractivity contribution in [3.8, 4) is 51.4 Å². The van der Waals surface area contributed by atoms with E-state index in [1.165, 1.54) is 0 Å². The van der Waals surface area contributed by atoms with Crippen LogP contribution < -0.4 is 0 Å². The normalized spacial score (nSPS) is 11.9. The van der Waals surface area contributed by atoms with E-state index < -0.39 is 0 Å². The molecule has 266 valence electrons. The van der Waals surface area contributed by atoms with Crippen molar-refractivity contribution in [3.05, 3.63) is 170 Å². The summed E-state index contributed by atoms with van der Waals surface area (Å²) in [6.07, 6.45) is 0. The van der Waals surface area contributed by atoms with Gasteiger partial charge < -0.3 is 8.83 Å². The summed E-state index contributed by atoms with van der Waals surface area (Å²) >= 11 is 0. The molecule has 0 aliphatic rings. The lowest BCUT2D eigenvalue weighted by molar-refractivity contribution is 0.667. The number of benzene rings is 7. The van der Waals surface area contributed by atoms with Gasteiger partial charge in [-0.1, -0.05) is 115 Å². The molecule has 12 aromatic rings. The molecular formula is C49H28N6O2. The second-order valence-electron chi connectivity index (χ2n) is 14.1. The smallest absolute Gasteiger partial charge is 0.238 e. The maximum atomic E-state index is 6.50. The first kappa shape index (κ1) is 31.4. The van der Waals surface area contributed by atoms with Crippen molar-refractivity contribution in [1.29, 1.82) is 0 Å². The van der Waals surface area contributed by atoms with Gasteiger partial charge in [-0.25, -0.2) is 15.0 Å². The van der Waals surface area contributed by atoms with Crippen LogP contribution in [0.2, 0.25) is 0 Å². The maximum absolute atomic E-state index is 6.50. The summed E-state index contributed by atoms with van der Waals surface area (Å²) in [6, 6.07) is 57.1. The average molecular weight is 733 g/mol. The Morgan fingerprint density at radius 3 is 1.68 bits per heavy atom. The number of rotatable bonds is 5. The summed E-state index contributed by atoms with van der Waals surface area (Å²) in [5.74, 6) is 2.30. The van der Waals surface area contributed by atoms with Crippen LogP contribution in [-0.4, -0.2) is 29.5 Å². The third-order valence-corrected chi connectivity index (χ3v) is 10.7. The zero-order valence-electron chi connectivity index (χ0n) is 30.2. The molecule has 0 aliphatic carbocycles. The van der Waals surface area contributed by atoms with E-state index >= 15 is 0 Å². The maximum Gasteiger partial charge on any atom is 0.238 e. The van der Waals surface area contributed by atoms with Crippen LogP contribution in [0.25, 0.3) is 117 Å². The molecular weight excluding hydrogens is 705 g/mol. The van der Waals surface area contributed by atoms with Gasteiger partial charge in [0.25, 0.3) is 0 Å². The lowest BCUT2D eigenvalue weighted by Crippen LogP contribution is -2.06. The molecule has 0 amide bonds. The highest BCUT2D eigenvalue weighted by molar-refractivity contribution is 6.10. The molecule has 5 aromatic heterocycles. The Labute approximate surface area is 324 Å². The van der Waals surface area contributed by atoms with E-state index in [2.05, 4.69) is 59.2 Å². The zero-order chi connectivity index (χ0) is 37.5. The Morgan fingerprint density at radius 2 is 0.930 bits per heavy atom. The van der Waals surface area contributed by atoms with Gasteiger partial charge in [-0.2, -0.15) is 9.97 Å². The van der Waals surface area contributed by atoms with Gasteiger partial charge >= 0.3 is 0 Å². The van der Waals surface area contributed by atoms with Crippen LogP contribution in [0.1, 0.15) is 0 Å². The highest BCUT2D eigenvalue weighted by Crippen LogP contribution is 2.38. The Morgan fingerprint density at radius 1 is 0.351 bits per heavy atom. The lowest BCUT2D eigenvalue weighted by Gasteiger charge is -2.11. The molecule has 7 aromatic carbocycles. The summed E-state index contributed by atoms with van der Waals surface area (Å²) in [7, 11) is 0.